The molecule has 4 aromatic rings. The first kappa shape index (κ1) is 17.8. The normalized spacial score (nSPS) is 15.3. The second kappa shape index (κ2) is 7.25. The van der Waals surface area contributed by atoms with Crippen LogP contribution in [0.5, 0.6) is 5.75 Å². The average Bonchev–Trinajstić information content (AvgIpc) is 3.14. The minimum atomic E-state index is -0.215. The standard InChI is InChI=1S/C22H22N4O3/c1-28-18-9-5-3-7-16(18)26-12-10-25(11-13-26)14-19-23-20-15-6-2-4-8-17(15)29-21(20)22(27)24-19/h2-9H,10-14H2,1H3,(H,23,24,27)/p+1. The summed E-state index contributed by atoms with van der Waals surface area (Å²) in [4.78, 5) is 23.9. The van der Waals surface area contributed by atoms with E-state index in [4.69, 9.17) is 14.1 Å². The molecule has 0 saturated carbocycles. The first-order chi connectivity index (χ1) is 14.2. The zero-order chi connectivity index (χ0) is 19.8. The van der Waals surface area contributed by atoms with Crippen molar-refractivity contribution in [1.82, 2.24) is 9.97 Å². The van der Waals surface area contributed by atoms with Crippen LogP contribution >= 0.6 is 0 Å². The van der Waals surface area contributed by atoms with Crippen LogP contribution in [-0.4, -0.2) is 43.3 Å². The summed E-state index contributed by atoms with van der Waals surface area (Å²) in [6.45, 7) is 4.47. The van der Waals surface area contributed by atoms with E-state index in [1.807, 2.05) is 42.5 Å². The van der Waals surface area contributed by atoms with E-state index in [1.54, 1.807) is 7.11 Å². The van der Waals surface area contributed by atoms with Gasteiger partial charge in [-0.1, -0.05) is 24.3 Å². The van der Waals surface area contributed by atoms with Gasteiger partial charge >= 0.3 is 0 Å². The molecule has 0 aliphatic carbocycles. The first-order valence-corrected chi connectivity index (χ1v) is 9.85. The minimum absolute atomic E-state index is 0.215. The summed E-state index contributed by atoms with van der Waals surface area (Å²) < 4.78 is 11.2. The van der Waals surface area contributed by atoms with Crippen LogP contribution in [0.4, 0.5) is 5.69 Å². The molecule has 1 saturated heterocycles. The number of furan rings is 1. The van der Waals surface area contributed by atoms with Gasteiger partial charge in [-0.15, -0.1) is 0 Å². The molecule has 1 fully saturated rings. The Bertz CT molecular complexity index is 1220. The maximum absolute atomic E-state index is 12.5. The minimum Gasteiger partial charge on any atom is -0.495 e. The number of hydrogen-bond acceptors (Lipinski definition) is 5. The molecular formula is C22H23N4O3+. The molecule has 0 atom stereocenters. The summed E-state index contributed by atoms with van der Waals surface area (Å²) in [5.41, 5.74) is 2.55. The molecule has 7 heteroatoms. The Morgan fingerprint density at radius 1 is 1.14 bits per heavy atom. The van der Waals surface area contributed by atoms with Crippen LogP contribution in [0.2, 0.25) is 0 Å². The molecule has 3 heterocycles. The van der Waals surface area contributed by atoms with E-state index in [0.29, 0.717) is 29.1 Å². The van der Waals surface area contributed by atoms with E-state index >= 15 is 0 Å². The van der Waals surface area contributed by atoms with Gasteiger partial charge in [-0.3, -0.25) is 4.79 Å². The number of hydrogen-bond donors (Lipinski definition) is 2. The topological polar surface area (TPSA) is 75.8 Å². The lowest BCUT2D eigenvalue weighted by molar-refractivity contribution is -0.915. The molecule has 7 nitrogen and oxygen atoms in total. The highest BCUT2D eigenvalue weighted by atomic mass is 16.5. The fourth-order valence-corrected chi connectivity index (χ4v) is 4.10. The van der Waals surface area contributed by atoms with Crippen LogP contribution < -0.4 is 20.1 Å². The number of H-pyrrole nitrogens is 1. The van der Waals surface area contributed by atoms with E-state index in [1.165, 1.54) is 4.90 Å². The van der Waals surface area contributed by atoms with Crippen LogP contribution in [0.15, 0.2) is 57.7 Å². The maximum atomic E-state index is 12.5. The number of quaternary nitrogens is 1. The van der Waals surface area contributed by atoms with E-state index in [-0.39, 0.29) is 5.56 Å². The summed E-state index contributed by atoms with van der Waals surface area (Å²) in [6, 6.07) is 15.7. The number of nitrogens with one attached hydrogen (secondary N) is 2. The first-order valence-electron chi connectivity index (χ1n) is 9.85. The van der Waals surface area contributed by atoms with E-state index in [9.17, 15) is 4.79 Å². The SMILES string of the molecule is COc1ccccc1N1CC[NH+](Cc2nc3c(oc4ccccc43)c(=O)[nH]2)CC1. The van der Waals surface area contributed by atoms with Crippen molar-refractivity contribution in [2.75, 3.05) is 38.2 Å². The fourth-order valence-electron chi connectivity index (χ4n) is 4.10. The Labute approximate surface area is 167 Å². The second-order valence-corrected chi connectivity index (χ2v) is 7.37. The quantitative estimate of drug-likeness (QED) is 0.553. The molecular weight excluding hydrogens is 368 g/mol. The number of nitrogens with zero attached hydrogens (tertiary/aromatic N) is 2. The monoisotopic (exact) mass is 391 g/mol. The van der Waals surface area contributed by atoms with Crippen molar-refractivity contribution in [3.63, 3.8) is 0 Å². The van der Waals surface area contributed by atoms with Crippen molar-refractivity contribution in [2.45, 2.75) is 6.54 Å². The Hall–Kier alpha value is -3.32. The van der Waals surface area contributed by atoms with Crippen LogP contribution in [0, 0.1) is 0 Å². The van der Waals surface area contributed by atoms with Gasteiger partial charge in [0.2, 0.25) is 5.58 Å². The molecule has 29 heavy (non-hydrogen) atoms. The number of aromatic amines is 1. The van der Waals surface area contributed by atoms with Crippen molar-refractivity contribution < 1.29 is 14.1 Å². The Balaban J connectivity index is 1.34. The van der Waals surface area contributed by atoms with Crippen LogP contribution in [-0.2, 0) is 6.54 Å². The number of aromatic nitrogens is 2. The fraction of sp³-hybridized carbons (Fsp3) is 0.273. The predicted molar refractivity (Wildman–Crippen MR) is 112 cm³/mol. The average molecular weight is 391 g/mol. The van der Waals surface area contributed by atoms with E-state index in [2.05, 4.69) is 16.0 Å². The summed E-state index contributed by atoms with van der Waals surface area (Å²) in [5.74, 6) is 1.61. The van der Waals surface area contributed by atoms with Crippen molar-refractivity contribution in [1.29, 1.82) is 0 Å². The van der Waals surface area contributed by atoms with Gasteiger partial charge in [-0.25, -0.2) is 4.98 Å². The molecule has 0 radical (unpaired) electrons. The lowest BCUT2D eigenvalue weighted by Gasteiger charge is -2.34. The van der Waals surface area contributed by atoms with E-state index in [0.717, 1.165) is 43.0 Å². The molecule has 0 unspecified atom stereocenters. The van der Waals surface area contributed by atoms with Gasteiger partial charge in [0.25, 0.3) is 5.56 Å². The summed E-state index contributed by atoms with van der Waals surface area (Å²) >= 11 is 0. The maximum Gasteiger partial charge on any atom is 0.294 e. The van der Waals surface area contributed by atoms with Gasteiger partial charge in [0, 0.05) is 5.39 Å². The second-order valence-electron chi connectivity index (χ2n) is 7.37. The van der Waals surface area contributed by atoms with Gasteiger partial charge in [0.15, 0.2) is 5.82 Å². The smallest absolute Gasteiger partial charge is 0.294 e. The third-order valence-electron chi connectivity index (χ3n) is 5.59. The number of piperazine rings is 1. The molecule has 2 aromatic carbocycles. The Morgan fingerprint density at radius 3 is 2.72 bits per heavy atom. The third kappa shape index (κ3) is 3.23. The van der Waals surface area contributed by atoms with Crippen molar-refractivity contribution >= 4 is 27.8 Å². The lowest BCUT2D eigenvalue weighted by Crippen LogP contribution is -3.13. The third-order valence-corrected chi connectivity index (χ3v) is 5.59. The summed E-state index contributed by atoms with van der Waals surface area (Å²) in [5, 5.41) is 0.880. The van der Waals surface area contributed by atoms with E-state index < -0.39 is 0 Å². The van der Waals surface area contributed by atoms with Crippen molar-refractivity contribution in [2.24, 2.45) is 0 Å². The molecule has 0 spiro atoms. The number of ether oxygens (including phenoxy) is 1. The number of anilines is 1. The lowest BCUT2D eigenvalue weighted by atomic mass is 10.2. The molecule has 0 bridgehead atoms. The van der Waals surface area contributed by atoms with Gasteiger partial charge in [-0.05, 0) is 24.3 Å². The van der Waals surface area contributed by atoms with Gasteiger partial charge in [-0.2, -0.15) is 0 Å². The van der Waals surface area contributed by atoms with Crippen LogP contribution in [0.3, 0.4) is 0 Å². The molecule has 1 aliphatic heterocycles. The highest BCUT2D eigenvalue weighted by molar-refractivity contribution is 6.01. The van der Waals surface area contributed by atoms with Crippen LogP contribution in [0.25, 0.3) is 22.1 Å². The summed E-state index contributed by atoms with van der Waals surface area (Å²) in [6.07, 6.45) is 0. The van der Waals surface area contributed by atoms with Crippen molar-refractivity contribution in [3.8, 4) is 5.75 Å². The highest BCUT2D eigenvalue weighted by Gasteiger charge is 2.23. The number of rotatable bonds is 4. The zero-order valence-corrected chi connectivity index (χ0v) is 16.3. The number of benzene rings is 2. The Morgan fingerprint density at radius 2 is 1.90 bits per heavy atom. The van der Waals surface area contributed by atoms with Gasteiger partial charge in [0.1, 0.15) is 23.4 Å². The van der Waals surface area contributed by atoms with Crippen molar-refractivity contribution in [3.05, 3.63) is 64.7 Å². The zero-order valence-electron chi connectivity index (χ0n) is 16.3. The predicted octanol–water partition coefficient (Wildman–Crippen LogP) is 1.58. The number of methoxy groups -OCH3 is 1. The molecule has 148 valence electrons. The molecule has 1 aliphatic rings. The van der Waals surface area contributed by atoms with Gasteiger partial charge in [0.05, 0.1) is 39.0 Å². The molecule has 2 N–H and O–H groups in total. The van der Waals surface area contributed by atoms with Crippen LogP contribution in [0.1, 0.15) is 5.82 Å². The summed E-state index contributed by atoms with van der Waals surface area (Å²) in [7, 11) is 1.71. The molecule has 0 amide bonds. The molecule has 5 rings (SSSR count). The largest absolute Gasteiger partial charge is 0.495 e. The number of para-hydroxylation sites is 3. The Kier molecular flexibility index (Phi) is 4.44. The highest BCUT2D eigenvalue weighted by Crippen LogP contribution is 2.27. The number of fused-ring (bicyclic) bond motifs is 3. The van der Waals surface area contributed by atoms with Gasteiger partial charge < -0.3 is 23.9 Å². The molecule has 2 aromatic heterocycles.